The molecule has 0 bridgehead atoms. The number of ketones is 1. The molecular weight excluding hydrogens is 296 g/mol. The third-order valence-corrected chi connectivity index (χ3v) is 3.73. The molecule has 18 heavy (non-hydrogen) atoms. The van der Waals surface area contributed by atoms with Crippen LogP contribution < -0.4 is 4.74 Å². The van der Waals surface area contributed by atoms with Crippen molar-refractivity contribution in [1.29, 1.82) is 0 Å². The Kier molecular flexibility index (Phi) is 4.78. The SMILES string of the molecule is CCOc1ccc(C(=O)C2CCOCC2)cc1Br. The summed E-state index contributed by atoms with van der Waals surface area (Å²) in [5.74, 6) is 1.09. The van der Waals surface area contributed by atoms with Crippen LogP contribution in [0.3, 0.4) is 0 Å². The highest BCUT2D eigenvalue weighted by Crippen LogP contribution is 2.28. The first-order valence-corrected chi connectivity index (χ1v) is 7.06. The lowest BCUT2D eigenvalue weighted by Gasteiger charge is -2.21. The highest BCUT2D eigenvalue weighted by Gasteiger charge is 2.23. The smallest absolute Gasteiger partial charge is 0.166 e. The summed E-state index contributed by atoms with van der Waals surface area (Å²) in [5, 5.41) is 0. The molecule has 1 fully saturated rings. The molecule has 0 radical (unpaired) electrons. The number of carbonyl (C=O) groups excluding carboxylic acids is 1. The first kappa shape index (κ1) is 13.6. The number of benzene rings is 1. The van der Waals surface area contributed by atoms with Crippen molar-refractivity contribution in [3.63, 3.8) is 0 Å². The summed E-state index contributed by atoms with van der Waals surface area (Å²) in [6.07, 6.45) is 1.65. The van der Waals surface area contributed by atoms with Crippen molar-refractivity contribution in [3.8, 4) is 5.75 Å². The minimum absolute atomic E-state index is 0.101. The predicted octanol–water partition coefficient (Wildman–Crippen LogP) is 3.46. The van der Waals surface area contributed by atoms with E-state index < -0.39 is 0 Å². The van der Waals surface area contributed by atoms with Crippen molar-refractivity contribution in [2.24, 2.45) is 5.92 Å². The molecule has 0 aromatic heterocycles. The average molecular weight is 313 g/mol. The predicted molar refractivity (Wildman–Crippen MR) is 73.2 cm³/mol. The van der Waals surface area contributed by atoms with Crippen molar-refractivity contribution in [2.75, 3.05) is 19.8 Å². The minimum atomic E-state index is 0.101. The fourth-order valence-electron chi connectivity index (χ4n) is 2.12. The third kappa shape index (κ3) is 3.12. The standard InChI is InChI=1S/C14H17BrO3/c1-2-18-13-4-3-11(9-12(13)15)14(16)10-5-7-17-8-6-10/h3-4,9-10H,2,5-8H2,1H3. The number of halogens is 1. The topological polar surface area (TPSA) is 35.5 Å². The fraction of sp³-hybridized carbons (Fsp3) is 0.500. The van der Waals surface area contributed by atoms with Crippen molar-refractivity contribution in [3.05, 3.63) is 28.2 Å². The van der Waals surface area contributed by atoms with Crippen LogP contribution in [0.25, 0.3) is 0 Å². The molecule has 1 aliphatic heterocycles. The second kappa shape index (κ2) is 6.34. The van der Waals surface area contributed by atoms with Gasteiger partial charge in [-0.1, -0.05) is 0 Å². The van der Waals surface area contributed by atoms with E-state index in [0.29, 0.717) is 19.8 Å². The molecule has 1 heterocycles. The van der Waals surface area contributed by atoms with Crippen LogP contribution in [0.4, 0.5) is 0 Å². The Hall–Kier alpha value is -0.870. The first-order chi connectivity index (χ1) is 8.72. The number of Topliss-reactive ketones (excluding diaryl/α,β-unsaturated/α-hetero) is 1. The third-order valence-electron chi connectivity index (χ3n) is 3.11. The summed E-state index contributed by atoms with van der Waals surface area (Å²) < 4.78 is 11.6. The summed E-state index contributed by atoms with van der Waals surface area (Å²) in [4.78, 5) is 12.3. The van der Waals surface area contributed by atoms with Crippen LogP contribution >= 0.6 is 15.9 Å². The van der Waals surface area contributed by atoms with E-state index in [1.165, 1.54) is 0 Å². The van der Waals surface area contributed by atoms with E-state index in [4.69, 9.17) is 9.47 Å². The van der Waals surface area contributed by atoms with Crippen LogP contribution in [0, 0.1) is 5.92 Å². The molecule has 0 aliphatic carbocycles. The van der Waals surface area contributed by atoms with Crippen LogP contribution in [0.15, 0.2) is 22.7 Å². The zero-order valence-corrected chi connectivity index (χ0v) is 12.0. The fourth-order valence-corrected chi connectivity index (χ4v) is 2.62. The van der Waals surface area contributed by atoms with Gasteiger partial charge >= 0.3 is 0 Å². The van der Waals surface area contributed by atoms with Gasteiger partial charge in [0.1, 0.15) is 5.75 Å². The van der Waals surface area contributed by atoms with Gasteiger partial charge in [0.05, 0.1) is 11.1 Å². The molecule has 0 unspecified atom stereocenters. The Balaban J connectivity index is 2.12. The van der Waals surface area contributed by atoms with Crippen LogP contribution in [0.5, 0.6) is 5.75 Å². The molecule has 1 aromatic rings. The second-order valence-corrected chi connectivity index (χ2v) is 5.18. The van der Waals surface area contributed by atoms with Gasteiger partial charge in [-0.15, -0.1) is 0 Å². The van der Waals surface area contributed by atoms with Gasteiger partial charge in [-0.25, -0.2) is 0 Å². The van der Waals surface area contributed by atoms with Crippen LogP contribution in [-0.2, 0) is 4.74 Å². The van der Waals surface area contributed by atoms with Gasteiger partial charge in [-0.3, -0.25) is 4.79 Å². The lowest BCUT2D eigenvalue weighted by molar-refractivity contribution is 0.0545. The summed E-state index contributed by atoms with van der Waals surface area (Å²) in [6.45, 7) is 3.93. The lowest BCUT2D eigenvalue weighted by atomic mass is 9.91. The Morgan fingerprint density at radius 2 is 2.17 bits per heavy atom. The van der Waals surface area contributed by atoms with E-state index in [9.17, 15) is 4.79 Å². The summed E-state index contributed by atoms with van der Waals surface area (Å²) in [5.41, 5.74) is 0.747. The maximum Gasteiger partial charge on any atom is 0.166 e. The molecule has 1 aromatic carbocycles. The van der Waals surface area contributed by atoms with Gasteiger partial charge in [0, 0.05) is 24.7 Å². The zero-order chi connectivity index (χ0) is 13.0. The Bertz CT molecular complexity index is 425. The van der Waals surface area contributed by atoms with Crippen LogP contribution in [0.2, 0.25) is 0 Å². The molecule has 1 saturated heterocycles. The number of hydrogen-bond acceptors (Lipinski definition) is 3. The quantitative estimate of drug-likeness (QED) is 0.799. The Morgan fingerprint density at radius 3 is 2.78 bits per heavy atom. The Labute approximate surface area is 116 Å². The minimum Gasteiger partial charge on any atom is -0.493 e. The molecule has 3 nitrogen and oxygen atoms in total. The maximum atomic E-state index is 12.3. The van der Waals surface area contributed by atoms with Crippen LogP contribution in [-0.4, -0.2) is 25.6 Å². The molecule has 98 valence electrons. The number of rotatable bonds is 4. The second-order valence-electron chi connectivity index (χ2n) is 4.33. The van der Waals surface area contributed by atoms with E-state index in [2.05, 4.69) is 15.9 Å². The van der Waals surface area contributed by atoms with Crippen LogP contribution in [0.1, 0.15) is 30.1 Å². The van der Waals surface area contributed by atoms with Crippen molar-refractivity contribution < 1.29 is 14.3 Å². The first-order valence-electron chi connectivity index (χ1n) is 6.26. The van der Waals surface area contributed by atoms with E-state index in [1.807, 2.05) is 25.1 Å². The van der Waals surface area contributed by atoms with E-state index in [0.717, 1.165) is 28.6 Å². The molecule has 0 amide bonds. The maximum absolute atomic E-state index is 12.3. The van der Waals surface area contributed by atoms with Gasteiger partial charge in [0.2, 0.25) is 0 Å². The Morgan fingerprint density at radius 1 is 1.44 bits per heavy atom. The number of ether oxygens (including phenoxy) is 2. The van der Waals surface area contributed by atoms with Gasteiger partial charge < -0.3 is 9.47 Å². The van der Waals surface area contributed by atoms with Gasteiger partial charge in [0.25, 0.3) is 0 Å². The number of hydrogen-bond donors (Lipinski definition) is 0. The zero-order valence-electron chi connectivity index (χ0n) is 10.4. The highest BCUT2D eigenvalue weighted by molar-refractivity contribution is 9.10. The van der Waals surface area contributed by atoms with E-state index in [-0.39, 0.29) is 11.7 Å². The van der Waals surface area contributed by atoms with Gasteiger partial charge in [-0.2, -0.15) is 0 Å². The van der Waals surface area contributed by atoms with Gasteiger partial charge in [-0.05, 0) is 53.9 Å². The van der Waals surface area contributed by atoms with E-state index >= 15 is 0 Å². The number of carbonyl (C=O) groups is 1. The molecule has 0 N–H and O–H groups in total. The molecule has 0 atom stereocenters. The molecule has 4 heteroatoms. The van der Waals surface area contributed by atoms with Gasteiger partial charge in [0.15, 0.2) is 5.78 Å². The average Bonchev–Trinajstić information content (AvgIpc) is 2.41. The van der Waals surface area contributed by atoms with E-state index in [1.54, 1.807) is 0 Å². The molecular formula is C14H17BrO3. The summed E-state index contributed by atoms with van der Waals surface area (Å²) in [6, 6.07) is 5.54. The molecule has 0 saturated carbocycles. The molecule has 0 spiro atoms. The monoisotopic (exact) mass is 312 g/mol. The molecule has 2 rings (SSSR count). The van der Waals surface area contributed by atoms with Crippen molar-refractivity contribution in [2.45, 2.75) is 19.8 Å². The van der Waals surface area contributed by atoms with Crippen molar-refractivity contribution in [1.82, 2.24) is 0 Å². The largest absolute Gasteiger partial charge is 0.493 e. The summed E-state index contributed by atoms with van der Waals surface area (Å²) >= 11 is 3.44. The molecule has 1 aliphatic rings. The normalized spacial score (nSPS) is 16.6. The summed E-state index contributed by atoms with van der Waals surface area (Å²) in [7, 11) is 0. The van der Waals surface area contributed by atoms with Crippen molar-refractivity contribution >= 4 is 21.7 Å². The lowest BCUT2D eigenvalue weighted by Crippen LogP contribution is -2.23. The highest BCUT2D eigenvalue weighted by atomic mass is 79.9.